The molecule has 0 atom stereocenters. The van der Waals surface area contributed by atoms with Crippen LogP contribution in [0.5, 0.6) is 0 Å². The Labute approximate surface area is 182 Å². The third kappa shape index (κ3) is 6.73. The van der Waals surface area contributed by atoms with Gasteiger partial charge in [0.25, 0.3) is 0 Å². The molecule has 166 valence electrons. The summed E-state index contributed by atoms with van der Waals surface area (Å²) < 4.78 is 0. The van der Waals surface area contributed by atoms with Crippen molar-refractivity contribution in [1.29, 1.82) is 0 Å². The third-order valence-electron chi connectivity index (χ3n) is 5.91. The number of rotatable bonds is 8. The smallest absolute Gasteiger partial charge is 0.223 e. The van der Waals surface area contributed by atoms with Crippen molar-refractivity contribution < 1.29 is 4.79 Å². The zero-order valence-electron chi connectivity index (χ0n) is 19.0. The predicted molar refractivity (Wildman–Crippen MR) is 123 cm³/mol. The van der Waals surface area contributed by atoms with Crippen molar-refractivity contribution in [1.82, 2.24) is 20.4 Å². The number of carbonyl (C=O) groups is 1. The average Bonchev–Trinajstić information content (AvgIpc) is 3.16. The first-order valence-electron chi connectivity index (χ1n) is 11.7. The van der Waals surface area contributed by atoms with E-state index in [4.69, 9.17) is 4.99 Å². The van der Waals surface area contributed by atoms with Gasteiger partial charge in [0.05, 0.1) is 0 Å². The Morgan fingerprint density at radius 1 is 1.17 bits per heavy atom. The van der Waals surface area contributed by atoms with Crippen LogP contribution in [0.3, 0.4) is 0 Å². The van der Waals surface area contributed by atoms with Crippen LogP contribution in [-0.2, 0) is 17.9 Å². The lowest BCUT2D eigenvalue weighted by Gasteiger charge is -2.34. The van der Waals surface area contributed by atoms with Crippen molar-refractivity contribution in [2.45, 2.75) is 65.6 Å². The fraction of sp³-hybridized carbons (Fsp3) is 0.667. The highest BCUT2D eigenvalue weighted by Crippen LogP contribution is 2.22. The van der Waals surface area contributed by atoms with E-state index >= 15 is 0 Å². The van der Waals surface area contributed by atoms with Gasteiger partial charge in [0, 0.05) is 58.3 Å². The molecule has 0 aromatic heterocycles. The maximum atomic E-state index is 12.5. The molecular formula is C24H39N5O. The molecule has 1 saturated heterocycles. The van der Waals surface area contributed by atoms with E-state index in [1.165, 1.54) is 17.7 Å². The lowest BCUT2D eigenvalue weighted by molar-refractivity contribution is -0.131. The number of hydrogen-bond donors (Lipinski definition) is 2. The Hall–Kier alpha value is -2.08. The number of piperidine rings is 1. The molecule has 0 saturated carbocycles. The molecule has 0 spiro atoms. The number of guanidine groups is 1. The number of nitrogens with zero attached hydrogens (tertiary/aromatic N) is 3. The molecule has 1 amide bonds. The summed E-state index contributed by atoms with van der Waals surface area (Å²) in [4.78, 5) is 21.8. The first-order chi connectivity index (χ1) is 14.5. The molecule has 1 fully saturated rings. The molecule has 30 heavy (non-hydrogen) atoms. The Bertz CT molecular complexity index is 684. The topological polar surface area (TPSA) is 60.0 Å². The second-order valence-corrected chi connectivity index (χ2v) is 9.00. The van der Waals surface area contributed by atoms with Crippen LogP contribution in [0.15, 0.2) is 29.3 Å². The van der Waals surface area contributed by atoms with Gasteiger partial charge in [-0.25, -0.2) is 0 Å². The quantitative estimate of drug-likeness (QED) is 0.391. The summed E-state index contributed by atoms with van der Waals surface area (Å²) in [6.45, 7) is 13.2. The minimum absolute atomic E-state index is 0.233. The summed E-state index contributed by atoms with van der Waals surface area (Å²) in [6.07, 6.45) is 3.66. The van der Waals surface area contributed by atoms with Crippen molar-refractivity contribution in [3.8, 4) is 0 Å². The van der Waals surface area contributed by atoms with Crippen molar-refractivity contribution in [2.75, 3.05) is 32.7 Å². The van der Waals surface area contributed by atoms with E-state index in [1.807, 2.05) is 17.0 Å². The molecule has 0 radical (unpaired) electrons. The van der Waals surface area contributed by atoms with Gasteiger partial charge in [-0.2, -0.15) is 0 Å². The summed E-state index contributed by atoms with van der Waals surface area (Å²) in [5.41, 5.74) is 2.56. The summed E-state index contributed by atoms with van der Waals surface area (Å²) >= 11 is 0. The molecule has 1 aromatic carbocycles. The molecular weight excluding hydrogens is 374 g/mol. The van der Waals surface area contributed by atoms with Crippen LogP contribution < -0.4 is 10.6 Å². The van der Waals surface area contributed by atoms with Crippen LogP contribution in [-0.4, -0.2) is 60.4 Å². The summed E-state index contributed by atoms with van der Waals surface area (Å²) in [5, 5.41) is 6.96. The number of hydrogen-bond acceptors (Lipinski definition) is 3. The highest BCUT2D eigenvalue weighted by atomic mass is 16.2. The summed E-state index contributed by atoms with van der Waals surface area (Å²) in [6, 6.07) is 8.81. The van der Waals surface area contributed by atoms with Crippen LogP contribution >= 0.6 is 0 Å². The maximum absolute atomic E-state index is 12.5. The molecule has 6 nitrogen and oxygen atoms in total. The van der Waals surface area contributed by atoms with Gasteiger partial charge in [-0.15, -0.1) is 0 Å². The molecule has 0 unspecified atom stereocenters. The van der Waals surface area contributed by atoms with Crippen LogP contribution in [0.1, 0.15) is 57.6 Å². The van der Waals surface area contributed by atoms with Crippen molar-refractivity contribution in [3.05, 3.63) is 35.4 Å². The zero-order chi connectivity index (χ0) is 21.3. The van der Waals surface area contributed by atoms with E-state index in [0.717, 1.165) is 63.9 Å². The Balaban J connectivity index is 1.38. The van der Waals surface area contributed by atoms with Gasteiger partial charge in [-0.05, 0) is 43.2 Å². The highest BCUT2D eigenvalue weighted by molar-refractivity contribution is 5.80. The fourth-order valence-corrected chi connectivity index (χ4v) is 4.38. The number of nitrogens with one attached hydrogen (secondary N) is 2. The maximum Gasteiger partial charge on any atom is 0.223 e. The van der Waals surface area contributed by atoms with Gasteiger partial charge in [0.2, 0.25) is 5.91 Å². The lowest BCUT2D eigenvalue weighted by atomic mass is 10.0. The van der Waals surface area contributed by atoms with E-state index in [-0.39, 0.29) is 5.91 Å². The van der Waals surface area contributed by atoms with E-state index in [2.05, 4.69) is 48.4 Å². The van der Waals surface area contributed by atoms with Crippen LogP contribution in [0, 0.1) is 5.92 Å². The third-order valence-corrected chi connectivity index (χ3v) is 5.91. The van der Waals surface area contributed by atoms with Crippen LogP contribution in [0.25, 0.3) is 0 Å². The SMILES string of the molecule is CCNC(=NCCCC(=O)N1Cc2ccccc2C1)NC1CCN(CC(C)C)CC1. The molecule has 6 heteroatoms. The number of aliphatic imine (C=N–C) groups is 1. The Morgan fingerprint density at radius 3 is 2.43 bits per heavy atom. The molecule has 3 rings (SSSR count). The molecule has 2 aliphatic heterocycles. The normalized spacial score (nSPS) is 18.0. The minimum atomic E-state index is 0.233. The number of benzene rings is 1. The first-order valence-corrected chi connectivity index (χ1v) is 11.7. The van der Waals surface area contributed by atoms with E-state index in [9.17, 15) is 4.79 Å². The molecule has 0 aliphatic carbocycles. The van der Waals surface area contributed by atoms with Crippen LogP contribution in [0.4, 0.5) is 0 Å². The van der Waals surface area contributed by atoms with Gasteiger partial charge in [0.15, 0.2) is 5.96 Å². The van der Waals surface area contributed by atoms with Gasteiger partial charge in [-0.1, -0.05) is 38.1 Å². The van der Waals surface area contributed by atoms with Gasteiger partial charge >= 0.3 is 0 Å². The molecule has 2 aliphatic rings. The Morgan fingerprint density at radius 2 is 1.83 bits per heavy atom. The molecule has 0 bridgehead atoms. The fourth-order valence-electron chi connectivity index (χ4n) is 4.38. The largest absolute Gasteiger partial charge is 0.357 e. The second-order valence-electron chi connectivity index (χ2n) is 9.00. The summed E-state index contributed by atoms with van der Waals surface area (Å²) in [5.74, 6) is 1.85. The highest BCUT2D eigenvalue weighted by Gasteiger charge is 2.22. The van der Waals surface area contributed by atoms with Gasteiger partial charge < -0.3 is 20.4 Å². The van der Waals surface area contributed by atoms with E-state index in [1.54, 1.807) is 0 Å². The average molecular weight is 414 g/mol. The van der Waals surface area contributed by atoms with Crippen molar-refractivity contribution in [3.63, 3.8) is 0 Å². The molecule has 2 heterocycles. The molecule has 2 N–H and O–H groups in total. The molecule has 1 aromatic rings. The van der Waals surface area contributed by atoms with E-state index < -0.39 is 0 Å². The monoisotopic (exact) mass is 413 g/mol. The zero-order valence-corrected chi connectivity index (χ0v) is 19.0. The predicted octanol–water partition coefficient (Wildman–Crippen LogP) is 2.98. The number of fused-ring (bicyclic) bond motifs is 1. The van der Waals surface area contributed by atoms with Gasteiger partial charge in [-0.3, -0.25) is 9.79 Å². The van der Waals surface area contributed by atoms with Crippen molar-refractivity contribution >= 4 is 11.9 Å². The number of amides is 1. The summed E-state index contributed by atoms with van der Waals surface area (Å²) in [7, 11) is 0. The first kappa shape index (κ1) is 22.6. The van der Waals surface area contributed by atoms with E-state index in [0.29, 0.717) is 19.0 Å². The van der Waals surface area contributed by atoms with Crippen LogP contribution in [0.2, 0.25) is 0 Å². The number of likely N-dealkylation sites (tertiary alicyclic amines) is 1. The Kier molecular flexibility index (Phi) is 8.55. The van der Waals surface area contributed by atoms with Crippen molar-refractivity contribution in [2.24, 2.45) is 10.9 Å². The lowest BCUT2D eigenvalue weighted by Crippen LogP contribution is -2.49. The standard InChI is InChI=1S/C24H39N5O/c1-4-25-24(27-22-11-14-28(15-12-22)16-19(2)3)26-13-7-10-23(30)29-17-20-8-5-6-9-21(20)18-29/h5-6,8-9,19,22H,4,7,10-18H2,1-3H3,(H2,25,26,27). The number of carbonyl (C=O) groups excluding carboxylic acids is 1. The van der Waals surface area contributed by atoms with Gasteiger partial charge in [0.1, 0.15) is 0 Å². The second kappa shape index (κ2) is 11.3. The minimum Gasteiger partial charge on any atom is -0.357 e.